The third-order valence-corrected chi connectivity index (χ3v) is 4.16. The van der Waals surface area contributed by atoms with Crippen molar-refractivity contribution < 1.29 is 19.1 Å². The lowest BCUT2D eigenvalue weighted by Crippen LogP contribution is -2.43. The fourth-order valence-electron chi connectivity index (χ4n) is 2.62. The van der Waals surface area contributed by atoms with Gasteiger partial charge in [-0.2, -0.15) is 0 Å². The molecule has 0 bridgehead atoms. The molecule has 0 spiro atoms. The topological polar surface area (TPSA) is 85.1 Å². The molecule has 1 heterocycles. The second kappa shape index (κ2) is 7.41. The molecule has 0 aliphatic carbocycles. The van der Waals surface area contributed by atoms with Crippen molar-refractivity contribution in [3.8, 4) is 11.5 Å². The minimum absolute atomic E-state index is 0.0912. The lowest BCUT2D eigenvalue weighted by molar-refractivity contribution is -0.129. The summed E-state index contributed by atoms with van der Waals surface area (Å²) in [5, 5.41) is 0. The van der Waals surface area contributed by atoms with Crippen LogP contribution >= 0.6 is 0 Å². The number of hydrogen-bond donors (Lipinski definition) is 1. The van der Waals surface area contributed by atoms with Crippen LogP contribution < -0.4 is 20.1 Å². The molecule has 7 nitrogen and oxygen atoms in total. The van der Waals surface area contributed by atoms with E-state index in [9.17, 15) is 9.59 Å². The van der Waals surface area contributed by atoms with E-state index in [1.807, 2.05) is 12.1 Å². The number of methoxy groups -OCH3 is 1. The Labute approximate surface area is 157 Å². The monoisotopic (exact) mass is 367 g/mol. The van der Waals surface area contributed by atoms with Gasteiger partial charge in [0.15, 0.2) is 11.5 Å². The van der Waals surface area contributed by atoms with Gasteiger partial charge in [-0.25, -0.2) is 0 Å². The molecule has 1 aliphatic heterocycles. The zero-order valence-electron chi connectivity index (χ0n) is 15.4. The number of rotatable bonds is 4. The number of benzene rings is 2. The molecule has 2 amide bonds. The zero-order chi connectivity index (χ0) is 19.6. The standard InChI is InChI=1S/C20H21N3O4/c1-22(2)19(24)12-23-16-9-6-14(21)11-17(16)27-18(20(23)25)10-13-4-7-15(26-3)8-5-13/h4-11H,12,21H2,1-3H3/b18-10+. The first-order valence-electron chi connectivity index (χ1n) is 8.34. The number of nitrogens with two attached hydrogens (primary N) is 1. The summed E-state index contributed by atoms with van der Waals surface area (Å²) in [4.78, 5) is 28.0. The van der Waals surface area contributed by atoms with Crippen molar-refractivity contribution in [3.05, 3.63) is 53.8 Å². The fourth-order valence-corrected chi connectivity index (χ4v) is 2.62. The van der Waals surface area contributed by atoms with Crippen molar-refractivity contribution >= 4 is 29.3 Å². The number of carbonyl (C=O) groups is 2. The van der Waals surface area contributed by atoms with Gasteiger partial charge in [-0.1, -0.05) is 12.1 Å². The minimum Gasteiger partial charge on any atom is -0.497 e. The molecule has 0 saturated heterocycles. The molecule has 0 fully saturated rings. The van der Waals surface area contributed by atoms with Crippen molar-refractivity contribution in [1.29, 1.82) is 0 Å². The summed E-state index contributed by atoms with van der Waals surface area (Å²) in [7, 11) is 4.87. The molecule has 27 heavy (non-hydrogen) atoms. The minimum atomic E-state index is -0.390. The van der Waals surface area contributed by atoms with Gasteiger partial charge in [-0.3, -0.25) is 14.5 Å². The Morgan fingerprint density at radius 3 is 2.56 bits per heavy atom. The van der Waals surface area contributed by atoms with E-state index in [1.165, 1.54) is 9.80 Å². The second-order valence-corrected chi connectivity index (χ2v) is 6.29. The molecule has 0 atom stereocenters. The summed E-state index contributed by atoms with van der Waals surface area (Å²) in [5.41, 5.74) is 7.63. The van der Waals surface area contributed by atoms with E-state index in [4.69, 9.17) is 15.2 Å². The molecule has 2 N–H and O–H groups in total. The van der Waals surface area contributed by atoms with Gasteiger partial charge in [0.25, 0.3) is 5.91 Å². The molecule has 0 aromatic heterocycles. The molecule has 3 rings (SSSR count). The number of nitrogen functional groups attached to an aromatic ring is 1. The van der Waals surface area contributed by atoms with E-state index in [-0.39, 0.29) is 18.2 Å². The van der Waals surface area contributed by atoms with Crippen LogP contribution in [0.5, 0.6) is 11.5 Å². The molecular weight excluding hydrogens is 346 g/mol. The Hall–Kier alpha value is -3.48. The van der Waals surface area contributed by atoms with Gasteiger partial charge in [0.05, 0.1) is 12.8 Å². The first kappa shape index (κ1) is 18.3. The number of likely N-dealkylation sites (N-methyl/N-ethyl adjacent to an activating group) is 1. The average molecular weight is 367 g/mol. The van der Waals surface area contributed by atoms with Crippen LogP contribution in [0.25, 0.3) is 6.08 Å². The molecule has 2 aromatic carbocycles. The average Bonchev–Trinajstić information content (AvgIpc) is 2.65. The van der Waals surface area contributed by atoms with Gasteiger partial charge < -0.3 is 20.1 Å². The van der Waals surface area contributed by atoms with Gasteiger partial charge >= 0.3 is 0 Å². The van der Waals surface area contributed by atoms with Gasteiger partial charge in [0, 0.05) is 25.8 Å². The Balaban J connectivity index is 2.00. The third-order valence-electron chi connectivity index (χ3n) is 4.16. The molecule has 0 radical (unpaired) electrons. The summed E-state index contributed by atoms with van der Waals surface area (Å²) in [6.45, 7) is -0.0912. The highest BCUT2D eigenvalue weighted by Crippen LogP contribution is 2.37. The molecule has 0 unspecified atom stereocenters. The van der Waals surface area contributed by atoms with Crippen LogP contribution in [0.2, 0.25) is 0 Å². The Bertz CT molecular complexity index is 904. The van der Waals surface area contributed by atoms with E-state index in [1.54, 1.807) is 57.6 Å². The Morgan fingerprint density at radius 1 is 1.22 bits per heavy atom. The largest absolute Gasteiger partial charge is 0.497 e. The van der Waals surface area contributed by atoms with Crippen LogP contribution in [0.3, 0.4) is 0 Å². The fraction of sp³-hybridized carbons (Fsp3) is 0.200. The van der Waals surface area contributed by atoms with Gasteiger partial charge in [0.2, 0.25) is 5.91 Å². The van der Waals surface area contributed by atoms with Gasteiger partial charge in [-0.05, 0) is 35.9 Å². The first-order chi connectivity index (χ1) is 12.9. The van der Waals surface area contributed by atoms with E-state index in [0.29, 0.717) is 22.9 Å². The third kappa shape index (κ3) is 3.87. The number of fused-ring (bicyclic) bond motifs is 1. The van der Waals surface area contributed by atoms with Gasteiger partial charge in [0.1, 0.15) is 12.3 Å². The summed E-state index contributed by atoms with van der Waals surface area (Å²) in [6.07, 6.45) is 1.63. The maximum absolute atomic E-state index is 13.0. The number of hydrogen-bond acceptors (Lipinski definition) is 5. The summed E-state index contributed by atoms with van der Waals surface area (Å²) >= 11 is 0. The van der Waals surface area contributed by atoms with Crippen molar-refractivity contribution in [2.24, 2.45) is 0 Å². The highest BCUT2D eigenvalue weighted by atomic mass is 16.5. The van der Waals surface area contributed by atoms with Crippen LogP contribution in [0.4, 0.5) is 11.4 Å². The van der Waals surface area contributed by atoms with Crippen molar-refractivity contribution in [2.75, 3.05) is 38.4 Å². The molecule has 0 saturated carbocycles. The van der Waals surface area contributed by atoms with E-state index >= 15 is 0 Å². The predicted octanol–water partition coefficient (Wildman–Crippen LogP) is 2.13. The van der Waals surface area contributed by atoms with Crippen molar-refractivity contribution in [2.45, 2.75) is 0 Å². The highest BCUT2D eigenvalue weighted by Gasteiger charge is 2.32. The lowest BCUT2D eigenvalue weighted by Gasteiger charge is -2.31. The summed E-state index contributed by atoms with van der Waals surface area (Å²) < 4.78 is 10.9. The van der Waals surface area contributed by atoms with E-state index in [2.05, 4.69) is 0 Å². The normalized spacial score (nSPS) is 14.6. The zero-order valence-corrected chi connectivity index (χ0v) is 15.4. The smallest absolute Gasteiger partial charge is 0.294 e. The number of anilines is 2. The van der Waals surface area contributed by atoms with E-state index in [0.717, 1.165) is 5.56 Å². The van der Waals surface area contributed by atoms with E-state index < -0.39 is 5.91 Å². The Morgan fingerprint density at radius 2 is 1.93 bits per heavy atom. The van der Waals surface area contributed by atoms with Crippen LogP contribution in [0, 0.1) is 0 Å². The molecule has 1 aliphatic rings. The molecule has 2 aromatic rings. The highest BCUT2D eigenvalue weighted by molar-refractivity contribution is 6.12. The molecular formula is C20H21N3O4. The maximum Gasteiger partial charge on any atom is 0.294 e. The molecule has 7 heteroatoms. The SMILES string of the molecule is COc1ccc(/C=C2/Oc3cc(N)ccc3N(CC(=O)N(C)C)C2=O)cc1. The quantitative estimate of drug-likeness (QED) is 0.661. The number of nitrogens with zero attached hydrogens (tertiary/aromatic N) is 2. The van der Waals surface area contributed by atoms with Crippen LogP contribution in [-0.2, 0) is 9.59 Å². The van der Waals surface area contributed by atoms with Crippen LogP contribution in [0.15, 0.2) is 48.2 Å². The second-order valence-electron chi connectivity index (χ2n) is 6.29. The van der Waals surface area contributed by atoms with Gasteiger partial charge in [-0.15, -0.1) is 0 Å². The lowest BCUT2D eigenvalue weighted by atomic mass is 10.1. The summed E-state index contributed by atoms with van der Waals surface area (Å²) in [6, 6.07) is 12.2. The number of ether oxygens (including phenoxy) is 2. The number of amides is 2. The van der Waals surface area contributed by atoms with Crippen molar-refractivity contribution in [3.63, 3.8) is 0 Å². The van der Waals surface area contributed by atoms with Crippen molar-refractivity contribution in [1.82, 2.24) is 4.90 Å². The Kier molecular flexibility index (Phi) is 5.03. The summed E-state index contributed by atoms with van der Waals surface area (Å²) in [5.74, 6) is 0.671. The number of carbonyl (C=O) groups excluding carboxylic acids is 2. The first-order valence-corrected chi connectivity index (χ1v) is 8.34. The van der Waals surface area contributed by atoms with Crippen LogP contribution in [-0.4, -0.2) is 44.5 Å². The predicted molar refractivity (Wildman–Crippen MR) is 104 cm³/mol. The molecule has 140 valence electrons. The maximum atomic E-state index is 13.0. The van der Waals surface area contributed by atoms with Crippen LogP contribution in [0.1, 0.15) is 5.56 Å².